The van der Waals surface area contributed by atoms with Crippen LogP contribution < -0.4 is 0 Å². The van der Waals surface area contributed by atoms with Gasteiger partial charge in [-0.05, 0) is 31.7 Å². The molecule has 7 nitrogen and oxygen atoms in total. The number of likely N-dealkylation sites (tertiary alicyclic amines) is 1. The molecule has 1 aliphatic rings. The SMILES string of the molecule is Cc1nccn1CC1CCN(C(=O)c2cnn3c(-c4ccccc4)ccnc23)CC1. The van der Waals surface area contributed by atoms with E-state index in [9.17, 15) is 4.79 Å². The summed E-state index contributed by atoms with van der Waals surface area (Å²) in [6, 6.07) is 12.0. The molecule has 0 bridgehead atoms. The minimum absolute atomic E-state index is 0.0139. The number of carbonyl (C=O) groups excluding carboxylic acids is 1. The number of hydrogen-bond donors (Lipinski definition) is 0. The Morgan fingerprint density at radius 1 is 1.07 bits per heavy atom. The van der Waals surface area contributed by atoms with Crippen LogP contribution in [0.15, 0.2) is 61.2 Å². The van der Waals surface area contributed by atoms with E-state index < -0.39 is 0 Å². The topological polar surface area (TPSA) is 68.3 Å². The highest BCUT2D eigenvalue weighted by atomic mass is 16.2. The molecule has 7 heteroatoms. The van der Waals surface area contributed by atoms with Gasteiger partial charge in [-0.2, -0.15) is 5.10 Å². The Kier molecular flexibility index (Phi) is 4.78. The normalized spacial score (nSPS) is 15.0. The number of carbonyl (C=O) groups is 1. The van der Waals surface area contributed by atoms with E-state index >= 15 is 0 Å². The Balaban J connectivity index is 1.33. The summed E-state index contributed by atoms with van der Waals surface area (Å²) in [7, 11) is 0. The number of benzene rings is 1. The Labute approximate surface area is 175 Å². The Hall–Kier alpha value is -3.48. The lowest BCUT2D eigenvalue weighted by Crippen LogP contribution is -2.39. The van der Waals surface area contributed by atoms with Crippen molar-refractivity contribution in [1.82, 2.24) is 29.0 Å². The average molecular weight is 400 g/mol. The standard InChI is InChI=1S/C23H24N6O/c1-17-24-11-14-28(17)16-18-8-12-27(13-9-18)23(30)20-15-26-29-21(7-10-25-22(20)29)19-5-3-2-4-6-19/h2-7,10-11,14-15,18H,8-9,12-13,16H2,1H3. The first kappa shape index (κ1) is 18.5. The summed E-state index contributed by atoms with van der Waals surface area (Å²) in [6.07, 6.45) is 9.25. The van der Waals surface area contributed by atoms with Crippen LogP contribution in [0.1, 0.15) is 29.0 Å². The van der Waals surface area contributed by atoms with Crippen LogP contribution in [0.25, 0.3) is 16.9 Å². The molecule has 1 amide bonds. The van der Waals surface area contributed by atoms with E-state index in [2.05, 4.69) is 19.6 Å². The first-order valence-corrected chi connectivity index (χ1v) is 10.4. The first-order chi connectivity index (χ1) is 14.7. The van der Waals surface area contributed by atoms with Crippen LogP contribution in [0.5, 0.6) is 0 Å². The van der Waals surface area contributed by atoms with Crippen LogP contribution in [0.2, 0.25) is 0 Å². The minimum atomic E-state index is 0.0139. The van der Waals surface area contributed by atoms with Crippen molar-refractivity contribution >= 4 is 11.6 Å². The van der Waals surface area contributed by atoms with E-state index in [-0.39, 0.29) is 5.91 Å². The largest absolute Gasteiger partial charge is 0.338 e. The third kappa shape index (κ3) is 3.36. The summed E-state index contributed by atoms with van der Waals surface area (Å²) in [5.74, 6) is 1.62. The molecule has 5 rings (SSSR count). The Bertz CT molecular complexity index is 1170. The zero-order chi connectivity index (χ0) is 20.5. The number of aromatic nitrogens is 5. The summed E-state index contributed by atoms with van der Waals surface area (Å²) in [6.45, 7) is 4.51. The summed E-state index contributed by atoms with van der Waals surface area (Å²) in [5.41, 5.74) is 3.14. The smallest absolute Gasteiger partial charge is 0.259 e. The lowest BCUT2D eigenvalue weighted by Gasteiger charge is -2.32. The van der Waals surface area contributed by atoms with Gasteiger partial charge in [-0.3, -0.25) is 4.79 Å². The highest BCUT2D eigenvalue weighted by Gasteiger charge is 2.26. The van der Waals surface area contributed by atoms with Crippen molar-refractivity contribution in [2.24, 2.45) is 5.92 Å². The van der Waals surface area contributed by atoms with Crippen LogP contribution in [-0.4, -0.2) is 48.0 Å². The lowest BCUT2D eigenvalue weighted by atomic mass is 9.96. The van der Waals surface area contributed by atoms with Gasteiger partial charge < -0.3 is 9.47 Å². The quantitative estimate of drug-likeness (QED) is 0.526. The van der Waals surface area contributed by atoms with Crippen LogP contribution >= 0.6 is 0 Å². The molecule has 4 heterocycles. The van der Waals surface area contributed by atoms with Gasteiger partial charge in [0.05, 0.1) is 11.9 Å². The van der Waals surface area contributed by atoms with Gasteiger partial charge in [0.25, 0.3) is 5.91 Å². The fraction of sp³-hybridized carbons (Fsp3) is 0.304. The van der Waals surface area contributed by atoms with Gasteiger partial charge >= 0.3 is 0 Å². The first-order valence-electron chi connectivity index (χ1n) is 10.4. The average Bonchev–Trinajstić information content (AvgIpc) is 3.40. The van der Waals surface area contributed by atoms with Gasteiger partial charge in [-0.15, -0.1) is 0 Å². The molecule has 0 N–H and O–H groups in total. The predicted octanol–water partition coefficient (Wildman–Crippen LogP) is 3.45. The van der Waals surface area contributed by atoms with E-state index in [1.807, 2.05) is 60.6 Å². The molecule has 4 aromatic rings. The summed E-state index contributed by atoms with van der Waals surface area (Å²) < 4.78 is 3.96. The van der Waals surface area contributed by atoms with Gasteiger partial charge in [-0.1, -0.05) is 30.3 Å². The second-order valence-electron chi connectivity index (χ2n) is 7.85. The number of amides is 1. The molecule has 3 aromatic heterocycles. The van der Waals surface area contributed by atoms with Gasteiger partial charge in [0.2, 0.25) is 0 Å². The number of fused-ring (bicyclic) bond motifs is 1. The zero-order valence-corrected chi connectivity index (χ0v) is 17.0. The minimum Gasteiger partial charge on any atom is -0.338 e. The van der Waals surface area contributed by atoms with Crippen molar-refractivity contribution < 1.29 is 4.79 Å². The fourth-order valence-corrected chi connectivity index (χ4v) is 4.23. The summed E-state index contributed by atoms with van der Waals surface area (Å²) >= 11 is 0. The molecule has 0 spiro atoms. The third-order valence-electron chi connectivity index (χ3n) is 5.98. The van der Waals surface area contributed by atoms with Crippen molar-refractivity contribution in [3.05, 3.63) is 72.6 Å². The second-order valence-corrected chi connectivity index (χ2v) is 7.85. The van der Waals surface area contributed by atoms with E-state index in [1.54, 1.807) is 16.9 Å². The van der Waals surface area contributed by atoms with E-state index in [4.69, 9.17) is 0 Å². The molecule has 0 aliphatic carbocycles. The van der Waals surface area contributed by atoms with Crippen molar-refractivity contribution in [3.63, 3.8) is 0 Å². The van der Waals surface area contributed by atoms with E-state index in [0.29, 0.717) is 17.1 Å². The molecule has 152 valence electrons. The van der Waals surface area contributed by atoms with Crippen molar-refractivity contribution in [2.45, 2.75) is 26.3 Å². The summed E-state index contributed by atoms with van der Waals surface area (Å²) in [4.78, 5) is 23.9. The predicted molar refractivity (Wildman–Crippen MR) is 114 cm³/mol. The van der Waals surface area contributed by atoms with E-state index in [1.165, 1.54) is 0 Å². The van der Waals surface area contributed by atoms with Crippen LogP contribution in [0.3, 0.4) is 0 Å². The number of rotatable bonds is 4. The van der Waals surface area contributed by atoms with Gasteiger partial charge in [-0.25, -0.2) is 14.5 Å². The van der Waals surface area contributed by atoms with E-state index in [0.717, 1.165) is 49.6 Å². The van der Waals surface area contributed by atoms with Gasteiger partial charge in [0.1, 0.15) is 11.4 Å². The molecule has 1 fully saturated rings. The second kappa shape index (κ2) is 7.74. The molecule has 0 saturated carbocycles. The maximum Gasteiger partial charge on any atom is 0.259 e. The molecule has 0 atom stereocenters. The highest BCUT2D eigenvalue weighted by molar-refractivity contribution is 6.00. The van der Waals surface area contributed by atoms with Gasteiger partial charge in [0, 0.05) is 43.8 Å². The number of nitrogens with zero attached hydrogens (tertiary/aromatic N) is 6. The highest BCUT2D eigenvalue weighted by Crippen LogP contribution is 2.24. The molecule has 0 unspecified atom stereocenters. The molecule has 1 saturated heterocycles. The Morgan fingerprint density at radius 2 is 1.87 bits per heavy atom. The third-order valence-corrected chi connectivity index (χ3v) is 5.98. The molecular formula is C23H24N6O. The number of imidazole rings is 1. The number of aryl methyl sites for hydroxylation is 1. The lowest BCUT2D eigenvalue weighted by molar-refractivity contribution is 0.0684. The zero-order valence-electron chi connectivity index (χ0n) is 17.0. The van der Waals surface area contributed by atoms with Crippen LogP contribution in [0.4, 0.5) is 0 Å². The maximum absolute atomic E-state index is 13.2. The van der Waals surface area contributed by atoms with Crippen molar-refractivity contribution in [2.75, 3.05) is 13.1 Å². The molecule has 1 aliphatic heterocycles. The molecule has 30 heavy (non-hydrogen) atoms. The maximum atomic E-state index is 13.2. The number of piperidine rings is 1. The molecule has 0 radical (unpaired) electrons. The van der Waals surface area contributed by atoms with Crippen LogP contribution in [0, 0.1) is 12.8 Å². The molecular weight excluding hydrogens is 376 g/mol. The van der Waals surface area contributed by atoms with Crippen LogP contribution in [-0.2, 0) is 6.54 Å². The fourth-order valence-electron chi connectivity index (χ4n) is 4.23. The monoisotopic (exact) mass is 400 g/mol. The summed E-state index contributed by atoms with van der Waals surface area (Å²) in [5, 5.41) is 4.48. The van der Waals surface area contributed by atoms with Gasteiger partial charge in [0.15, 0.2) is 5.65 Å². The van der Waals surface area contributed by atoms with Crippen molar-refractivity contribution in [3.8, 4) is 11.3 Å². The number of hydrogen-bond acceptors (Lipinski definition) is 4. The Morgan fingerprint density at radius 3 is 2.60 bits per heavy atom. The van der Waals surface area contributed by atoms with Crippen molar-refractivity contribution in [1.29, 1.82) is 0 Å². The molecule has 1 aromatic carbocycles.